The van der Waals surface area contributed by atoms with Gasteiger partial charge in [-0.25, -0.2) is 9.48 Å². The van der Waals surface area contributed by atoms with Crippen LogP contribution in [-0.4, -0.2) is 88.8 Å². The number of carbonyl (C=O) groups is 4. The first kappa shape index (κ1) is 29.9. The molecule has 3 heterocycles. The van der Waals surface area contributed by atoms with Crippen molar-refractivity contribution in [2.24, 2.45) is 5.73 Å². The van der Waals surface area contributed by atoms with Crippen LogP contribution in [0.15, 0.2) is 36.1 Å². The highest BCUT2D eigenvalue weighted by atomic mass is 16.6. The summed E-state index contributed by atoms with van der Waals surface area (Å²) in [5, 5.41) is 4.46. The Labute approximate surface area is 250 Å². The molecular formula is C31H38N6O6. The fraction of sp³-hybridized carbons (Fsp3) is 0.452. The smallest absolute Gasteiger partial charge is 0.410 e. The third-order valence-corrected chi connectivity index (χ3v) is 7.84. The number of anilines is 1. The topological polar surface area (TPSA) is 140 Å². The van der Waals surface area contributed by atoms with Gasteiger partial charge in [-0.05, 0) is 76.5 Å². The highest BCUT2D eigenvalue weighted by Gasteiger charge is 2.36. The number of aromatic nitrogens is 2. The summed E-state index contributed by atoms with van der Waals surface area (Å²) in [6.45, 7) is 9.23. The van der Waals surface area contributed by atoms with Crippen LogP contribution in [0, 0.1) is 6.92 Å². The molecule has 2 N–H and O–H groups in total. The van der Waals surface area contributed by atoms with Crippen molar-refractivity contribution in [1.29, 1.82) is 0 Å². The quantitative estimate of drug-likeness (QED) is 0.563. The van der Waals surface area contributed by atoms with Gasteiger partial charge < -0.3 is 29.9 Å². The average Bonchev–Trinajstić information content (AvgIpc) is 3.37. The number of hydrogen-bond acceptors (Lipinski definition) is 7. The van der Waals surface area contributed by atoms with Crippen LogP contribution in [0.2, 0.25) is 0 Å². The van der Waals surface area contributed by atoms with E-state index in [-0.39, 0.29) is 23.6 Å². The molecule has 12 heteroatoms. The summed E-state index contributed by atoms with van der Waals surface area (Å²) in [5.74, 6) is -0.272. The third kappa shape index (κ3) is 5.99. The number of nitrogens with two attached hydrogens (primary N) is 1. The molecule has 1 aromatic carbocycles. The molecule has 228 valence electrons. The molecule has 2 aliphatic heterocycles. The molecule has 12 nitrogen and oxygen atoms in total. The molecule has 3 aliphatic rings. The predicted molar refractivity (Wildman–Crippen MR) is 160 cm³/mol. The summed E-state index contributed by atoms with van der Waals surface area (Å²) < 4.78 is 12.3. The van der Waals surface area contributed by atoms with Crippen LogP contribution in [0.3, 0.4) is 0 Å². The maximum atomic E-state index is 13.9. The monoisotopic (exact) mass is 590 g/mol. The van der Waals surface area contributed by atoms with E-state index < -0.39 is 11.5 Å². The minimum absolute atomic E-state index is 0.106. The van der Waals surface area contributed by atoms with Gasteiger partial charge >= 0.3 is 6.09 Å². The average molecular weight is 591 g/mol. The normalized spacial score (nSPS) is 17.2. The summed E-state index contributed by atoms with van der Waals surface area (Å²) in [6.07, 6.45) is 4.93. The molecule has 0 unspecified atom stereocenters. The molecule has 1 saturated heterocycles. The number of rotatable bonds is 5. The second-order valence-electron chi connectivity index (χ2n) is 11.9. The van der Waals surface area contributed by atoms with Crippen molar-refractivity contribution in [3.8, 4) is 0 Å². The number of amides is 4. The summed E-state index contributed by atoms with van der Waals surface area (Å²) in [7, 11) is 1.61. The van der Waals surface area contributed by atoms with Gasteiger partial charge in [0.05, 0.1) is 12.9 Å². The fourth-order valence-electron chi connectivity index (χ4n) is 5.61. The molecule has 1 aromatic heterocycles. The van der Waals surface area contributed by atoms with Crippen LogP contribution >= 0.6 is 0 Å². The van der Waals surface area contributed by atoms with Crippen LogP contribution in [0.1, 0.15) is 76.1 Å². The molecule has 0 atom stereocenters. The zero-order valence-corrected chi connectivity index (χ0v) is 25.3. The largest absolute Gasteiger partial charge is 0.501 e. The Morgan fingerprint density at radius 3 is 2.23 bits per heavy atom. The first-order valence-electron chi connectivity index (χ1n) is 14.4. The molecule has 0 spiro atoms. The van der Waals surface area contributed by atoms with Crippen LogP contribution in [-0.2, 0) is 15.9 Å². The number of ether oxygens (including phenoxy) is 2. The number of methoxy groups -OCH3 is 1. The number of allylic oxidation sites excluding steroid dienone is 4. The Balaban J connectivity index is 1.34. The van der Waals surface area contributed by atoms with Gasteiger partial charge in [-0.2, -0.15) is 5.10 Å². The molecule has 43 heavy (non-hydrogen) atoms. The van der Waals surface area contributed by atoms with Gasteiger partial charge in [0.15, 0.2) is 5.69 Å². The summed E-state index contributed by atoms with van der Waals surface area (Å²) in [6, 6.07) is 5.34. The van der Waals surface area contributed by atoms with Gasteiger partial charge in [-0.1, -0.05) is 0 Å². The second-order valence-corrected chi connectivity index (χ2v) is 11.9. The van der Waals surface area contributed by atoms with E-state index in [0.717, 1.165) is 17.0 Å². The Morgan fingerprint density at radius 2 is 1.65 bits per heavy atom. The van der Waals surface area contributed by atoms with Crippen molar-refractivity contribution < 1.29 is 28.7 Å². The number of carbonyl (C=O) groups excluding carboxylic acids is 4. The van der Waals surface area contributed by atoms with Crippen LogP contribution < -0.4 is 10.6 Å². The van der Waals surface area contributed by atoms with Gasteiger partial charge in [0, 0.05) is 61.7 Å². The van der Waals surface area contributed by atoms with Crippen molar-refractivity contribution in [2.45, 2.75) is 52.6 Å². The van der Waals surface area contributed by atoms with Gasteiger partial charge in [0.1, 0.15) is 11.3 Å². The maximum absolute atomic E-state index is 13.9. The Bertz CT molecular complexity index is 1540. The van der Waals surface area contributed by atoms with Crippen molar-refractivity contribution in [3.63, 3.8) is 0 Å². The molecule has 2 aromatic rings. The number of nitrogens with zero attached hydrogens (tertiary/aromatic N) is 5. The molecular weight excluding hydrogens is 552 g/mol. The van der Waals surface area contributed by atoms with Crippen molar-refractivity contribution >= 4 is 35.2 Å². The van der Waals surface area contributed by atoms with Gasteiger partial charge in [-0.15, -0.1) is 0 Å². The van der Waals surface area contributed by atoms with Gasteiger partial charge in [-0.3, -0.25) is 14.4 Å². The van der Waals surface area contributed by atoms with E-state index in [4.69, 9.17) is 15.2 Å². The lowest BCUT2D eigenvalue weighted by Crippen LogP contribution is -2.51. The zero-order chi connectivity index (χ0) is 31.1. The lowest BCUT2D eigenvalue weighted by Gasteiger charge is -2.36. The van der Waals surface area contributed by atoms with E-state index in [0.29, 0.717) is 74.5 Å². The van der Waals surface area contributed by atoms with E-state index in [1.165, 1.54) is 4.68 Å². The lowest BCUT2D eigenvalue weighted by molar-refractivity contribution is 0.0140. The predicted octanol–water partition coefficient (Wildman–Crippen LogP) is 3.35. The number of benzene rings is 1. The molecule has 0 bridgehead atoms. The Kier molecular flexibility index (Phi) is 8.04. The Hall–Kier alpha value is -4.61. The number of hydrogen-bond donors (Lipinski definition) is 1. The second kappa shape index (κ2) is 11.6. The highest BCUT2D eigenvalue weighted by molar-refractivity contribution is 6.10. The number of primary amides is 1. The van der Waals surface area contributed by atoms with E-state index in [1.807, 2.05) is 45.9 Å². The SMILES string of the molecule is COC1=CC=C(n2nc(C(N)=O)c3c2C(=O)N(c2ccc(C(=O)N4CCN(C(=O)OC(C)(C)C)CC4)c(C)c2)CC3)CC1. The Morgan fingerprint density at radius 1 is 0.953 bits per heavy atom. The zero-order valence-electron chi connectivity index (χ0n) is 25.3. The van der Waals surface area contributed by atoms with E-state index in [2.05, 4.69) is 5.10 Å². The first-order valence-corrected chi connectivity index (χ1v) is 14.4. The number of piperazine rings is 1. The number of fused-ring (bicyclic) bond motifs is 1. The third-order valence-electron chi connectivity index (χ3n) is 7.84. The van der Waals surface area contributed by atoms with Crippen molar-refractivity contribution in [2.75, 3.05) is 44.7 Å². The fourth-order valence-corrected chi connectivity index (χ4v) is 5.61. The van der Waals surface area contributed by atoms with Crippen LogP contribution in [0.25, 0.3) is 5.70 Å². The molecule has 4 amide bonds. The molecule has 1 aliphatic carbocycles. The van der Waals surface area contributed by atoms with Gasteiger partial charge in [0.2, 0.25) is 0 Å². The van der Waals surface area contributed by atoms with Crippen LogP contribution in [0.4, 0.5) is 10.5 Å². The van der Waals surface area contributed by atoms with Crippen molar-refractivity contribution in [1.82, 2.24) is 19.6 Å². The molecule has 1 fully saturated rings. The number of aryl methyl sites for hydroxylation is 1. The van der Waals surface area contributed by atoms with Crippen molar-refractivity contribution in [3.05, 3.63) is 64.2 Å². The van der Waals surface area contributed by atoms with Gasteiger partial charge in [0.25, 0.3) is 17.7 Å². The van der Waals surface area contributed by atoms with Crippen LogP contribution in [0.5, 0.6) is 0 Å². The minimum Gasteiger partial charge on any atom is -0.501 e. The standard InChI is InChI=1S/C31H38N6O6/c1-19-18-21(8-11-23(19)28(39)34-14-16-35(17-15-34)30(41)43-31(2,3)4)36-13-12-24-25(27(32)38)33-37(26(24)29(36)40)20-6-9-22(42-5)10-7-20/h6,8-9,11,18H,7,10,12-17H2,1-5H3,(H2,32,38). The van der Waals surface area contributed by atoms with E-state index in [1.54, 1.807) is 33.9 Å². The lowest BCUT2D eigenvalue weighted by atomic mass is 10.0. The minimum atomic E-state index is -0.675. The molecule has 0 saturated carbocycles. The summed E-state index contributed by atoms with van der Waals surface area (Å²) >= 11 is 0. The highest BCUT2D eigenvalue weighted by Crippen LogP contribution is 2.32. The summed E-state index contributed by atoms with van der Waals surface area (Å²) in [5.41, 5.74) is 8.71. The van der Waals surface area contributed by atoms with E-state index >= 15 is 0 Å². The summed E-state index contributed by atoms with van der Waals surface area (Å²) in [4.78, 5) is 56.9. The van der Waals surface area contributed by atoms with E-state index in [9.17, 15) is 19.2 Å². The molecule has 0 radical (unpaired) electrons. The maximum Gasteiger partial charge on any atom is 0.410 e. The first-order chi connectivity index (χ1) is 20.4. The molecule has 5 rings (SSSR count).